The standard InChI is InChI=1S/C38H49N7O4/c1-21(2)23(5)37(47)45-18-8-11-32(45)35-40-29-17-16-26(19-30(29)41-35)24-12-14-25(15-13-24)31-20-39-34(42-31)27-9-7-10-28(27)43-36(46)33(22(3)4)44-38(48)49-6/h12-17,19-23,27-28,32-33H,7-11,18H2,1-6H3,(H,39,42)(H,40,41)(H,43,46)(H,44,48)/t23-,27+,28+,32-,33-/m0/s1. The van der Waals surface area contributed by atoms with Crippen LogP contribution in [0.1, 0.15) is 90.3 Å². The minimum atomic E-state index is -0.678. The third-order valence-electron chi connectivity index (χ3n) is 10.5. The number of imidazole rings is 2. The molecular weight excluding hydrogens is 618 g/mol. The molecule has 4 aromatic rings. The van der Waals surface area contributed by atoms with E-state index in [0.717, 1.165) is 83.7 Å². The Kier molecular flexibility index (Phi) is 10.1. The Morgan fingerprint density at radius 3 is 2.33 bits per heavy atom. The van der Waals surface area contributed by atoms with Crippen molar-refractivity contribution in [1.82, 2.24) is 35.5 Å². The van der Waals surface area contributed by atoms with Gasteiger partial charge in [0.05, 0.1) is 36.1 Å². The first-order chi connectivity index (χ1) is 23.5. The highest BCUT2D eigenvalue weighted by Gasteiger charge is 2.36. The van der Waals surface area contributed by atoms with Gasteiger partial charge in [-0.3, -0.25) is 9.59 Å². The van der Waals surface area contributed by atoms with Crippen molar-refractivity contribution >= 4 is 28.9 Å². The summed E-state index contributed by atoms with van der Waals surface area (Å²) in [6.07, 6.45) is 5.88. The molecule has 1 aliphatic carbocycles. The van der Waals surface area contributed by atoms with E-state index < -0.39 is 12.1 Å². The summed E-state index contributed by atoms with van der Waals surface area (Å²) in [7, 11) is 1.29. The number of H-pyrrole nitrogens is 2. The van der Waals surface area contributed by atoms with Crippen molar-refractivity contribution in [2.24, 2.45) is 17.8 Å². The molecule has 1 saturated carbocycles. The van der Waals surface area contributed by atoms with E-state index in [9.17, 15) is 14.4 Å². The number of carbonyl (C=O) groups excluding carboxylic acids is 3. The van der Waals surface area contributed by atoms with Crippen LogP contribution in [-0.4, -0.2) is 68.5 Å². The summed E-state index contributed by atoms with van der Waals surface area (Å²) in [5, 5.41) is 5.82. The van der Waals surface area contributed by atoms with E-state index in [2.05, 4.69) is 70.8 Å². The van der Waals surface area contributed by atoms with Crippen molar-refractivity contribution in [2.45, 2.75) is 90.8 Å². The molecule has 2 fully saturated rings. The maximum Gasteiger partial charge on any atom is 0.407 e. The highest BCUT2D eigenvalue weighted by atomic mass is 16.5. The van der Waals surface area contributed by atoms with Crippen LogP contribution in [-0.2, 0) is 14.3 Å². The number of methoxy groups -OCH3 is 1. The van der Waals surface area contributed by atoms with E-state index in [1.54, 1.807) is 0 Å². The van der Waals surface area contributed by atoms with E-state index in [-0.39, 0.29) is 41.7 Å². The molecule has 11 heteroatoms. The first-order valence-electron chi connectivity index (χ1n) is 17.6. The normalized spacial score (nSPS) is 20.6. The summed E-state index contributed by atoms with van der Waals surface area (Å²) in [6.45, 7) is 10.8. The zero-order valence-electron chi connectivity index (χ0n) is 29.4. The number of rotatable bonds is 10. The van der Waals surface area contributed by atoms with Crippen molar-refractivity contribution in [3.63, 3.8) is 0 Å². The first-order valence-corrected chi connectivity index (χ1v) is 17.6. The number of carbonyl (C=O) groups is 3. The Bertz CT molecular complexity index is 1790. The number of aromatic amines is 2. The highest BCUT2D eigenvalue weighted by Crippen LogP contribution is 2.36. The molecule has 4 N–H and O–H groups in total. The second-order valence-corrected chi connectivity index (χ2v) is 14.3. The third-order valence-corrected chi connectivity index (χ3v) is 10.5. The first kappa shape index (κ1) is 34.2. The van der Waals surface area contributed by atoms with Crippen molar-refractivity contribution in [3.8, 4) is 22.4 Å². The Morgan fingerprint density at radius 1 is 0.878 bits per heavy atom. The number of hydrogen-bond acceptors (Lipinski definition) is 6. The maximum absolute atomic E-state index is 13.2. The quantitative estimate of drug-likeness (QED) is 0.148. The van der Waals surface area contributed by atoms with Gasteiger partial charge in [0.1, 0.15) is 17.7 Å². The minimum Gasteiger partial charge on any atom is -0.453 e. The number of alkyl carbamates (subject to hydrolysis) is 1. The monoisotopic (exact) mass is 667 g/mol. The number of ether oxygens (including phenoxy) is 1. The molecule has 1 saturated heterocycles. The van der Waals surface area contributed by atoms with Gasteiger partial charge in [-0.1, -0.05) is 71.4 Å². The molecule has 6 rings (SSSR count). The van der Waals surface area contributed by atoms with Crippen LogP contribution >= 0.6 is 0 Å². The molecule has 260 valence electrons. The molecule has 49 heavy (non-hydrogen) atoms. The zero-order valence-corrected chi connectivity index (χ0v) is 29.4. The van der Waals surface area contributed by atoms with Crippen LogP contribution in [0.2, 0.25) is 0 Å². The lowest BCUT2D eigenvalue weighted by atomic mass is 9.96. The van der Waals surface area contributed by atoms with E-state index in [1.165, 1.54) is 7.11 Å². The molecule has 1 aliphatic heterocycles. The maximum atomic E-state index is 13.2. The average molecular weight is 668 g/mol. The Balaban J connectivity index is 1.13. The Morgan fingerprint density at radius 2 is 1.61 bits per heavy atom. The van der Waals surface area contributed by atoms with Gasteiger partial charge in [-0.15, -0.1) is 0 Å². The molecule has 2 aromatic heterocycles. The number of nitrogens with zero attached hydrogens (tertiary/aromatic N) is 3. The van der Waals surface area contributed by atoms with Gasteiger partial charge in [-0.2, -0.15) is 0 Å². The molecule has 3 amide bonds. The minimum absolute atomic E-state index is 0.0129. The molecule has 0 unspecified atom stereocenters. The van der Waals surface area contributed by atoms with Crippen molar-refractivity contribution < 1.29 is 19.1 Å². The summed E-state index contributed by atoms with van der Waals surface area (Å²) >= 11 is 0. The fourth-order valence-corrected chi connectivity index (χ4v) is 7.20. The van der Waals surface area contributed by atoms with Gasteiger partial charge in [-0.05, 0) is 66.3 Å². The summed E-state index contributed by atoms with van der Waals surface area (Å²) in [4.78, 5) is 56.8. The lowest BCUT2D eigenvalue weighted by molar-refractivity contribution is -0.137. The predicted octanol–water partition coefficient (Wildman–Crippen LogP) is 6.71. The van der Waals surface area contributed by atoms with Gasteiger partial charge in [0.25, 0.3) is 0 Å². The van der Waals surface area contributed by atoms with Gasteiger partial charge >= 0.3 is 6.09 Å². The van der Waals surface area contributed by atoms with E-state index in [1.807, 2.05) is 37.9 Å². The lowest BCUT2D eigenvalue weighted by Crippen LogP contribution is -2.52. The highest BCUT2D eigenvalue weighted by molar-refractivity contribution is 5.86. The molecule has 3 heterocycles. The van der Waals surface area contributed by atoms with Crippen LogP contribution in [0.4, 0.5) is 4.79 Å². The second-order valence-electron chi connectivity index (χ2n) is 14.3. The number of amides is 3. The van der Waals surface area contributed by atoms with Gasteiger partial charge in [0.15, 0.2) is 0 Å². The molecule has 5 atom stereocenters. The number of fused-ring (bicyclic) bond motifs is 1. The van der Waals surface area contributed by atoms with Crippen LogP contribution in [0.5, 0.6) is 0 Å². The topological polar surface area (TPSA) is 145 Å². The summed E-state index contributed by atoms with van der Waals surface area (Å²) in [6, 6.07) is 13.9. The van der Waals surface area contributed by atoms with Crippen molar-refractivity contribution in [2.75, 3.05) is 13.7 Å². The Labute approximate surface area is 288 Å². The molecule has 2 aliphatic rings. The van der Waals surface area contributed by atoms with Crippen LogP contribution in [0.3, 0.4) is 0 Å². The largest absolute Gasteiger partial charge is 0.453 e. The van der Waals surface area contributed by atoms with Gasteiger partial charge < -0.3 is 30.2 Å². The van der Waals surface area contributed by atoms with Crippen LogP contribution in [0.25, 0.3) is 33.4 Å². The van der Waals surface area contributed by atoms with Crippen LogP contribution in [0, 0.1) is 17.8 Å². The summed E-state index contributed by atoms with van der Waals surface area (Å²) in [5.41, 5.74) is 5.97. The summed E-state index contributed by atoms with van der Waals surface area (Å²) < 4.78 is 4.72. The second kappa shape index (κ2) is 14.4. The number of hydrogen-bond donors (Lipinski definition) is 4. The van der Waals surface area contributed by atoms with Gasteiger partial charge in [0, 0.05) is 24.4 Å². The molecular formula is C38H49N7O4. The van der Waals surface area contributed by atoms with E-state index in [4.69, 9.17) is 14.7 Å². The fourth-order valence-electron chi connectivity index (χ4n) is 7.20. The predicted molar refractivity (Wildman–Crippen MR) is 189 cm³/mol. The molecule has 2 aromatic carbocycles. The van der Waals surface area contributed by atoms with Crippen LogP contribution < -0.4 is 10.6 Å². The summed E-state index contributed by atoms with van der Waals surface area (Å²) in [5.74, 6) is 1.97. The smallest absolute Gasteiger partial charge is 0.407 e. The lowest BCUT2D eigenvalue weighted by Gasteiger charge is -2.27. The van der Waals surface area contributed by atoms with Crippen molar-refractivity contribution in [1.29, 1.82) is 0 Å². The van der Waals surface area contributed by atoms with E-state index in [0.29, 0.717) is 5.92 Å². The third kappa shape index (κ3) is 7.21. The average Bonchev–Trinajstić information content (AvgIpc) is 3.92. The molecule has 11 nitrogen and oxygen atoms in total. The van der Waals surface area contributed by atoms with Gasteiger partial charge in [-0.25, -0.2) is 14.8 Å². The van der Waals surface area contributed by atoms with Crippen molar-refractivity contribution in [3.05, 3.63) is 60.3 Å². The molecule has 0 spiro atoms. The number of likely N-dealkylation sites (tertiary alicyclic amines) is 1. The van der Waals surface area contributed by atoms with E-state index >= 15 is 0 Å². The van der Waals surface area contributed by atoms with Gasteiger partial charge in [0.2, 0.25) is 11.8 Å². The SMILES string of the molecule is COC(=O)N[C@H](C(=O)N[C@@H]1CCC[C@H]1c1ncc(-c2ccc(-c3ccc4nc([C@@H]5CCCN5C(=O)[C@@H](C)C(C)C)[nH]c4c3)cc2)[nH]1)C(C)C. The molecule has 0 radical (unpaired) electrons. The zero-order chi connectivity index (χ0) is 34.8. The number of benzene rings is 2. The Hall–Kier alpha value is -4.67. The molecule has 0 bridgehead atoms. The number of aromatic nitrogens is 4. The number of nitrogens with one attached hydrogen (secondary N) is 4. The van der Waals surface area contributed by atoms with Crippen LogP contribution in [0.15, 0.2) is 48.7 Å². The fraction of sp³-hybridized carbons (Fsp3) is 0.500.